The zero-order valence-corrected chi connectivity index (χ0v) is 26.8. The van der Waals surface area contributed by atoms with E-state index in [9.17, 15) is 28.7 Å². The minimum absolute atomic E-state index is 0.0399. The smallest absolute Gasteiger partial charge is 0.492 e. The molecule has 0 saturated carbocycles. The summed E-state index contributed by atoms with van der Waals surface area (Å²) < 4.78 is 40.8. The highest BCUT2D eigenvalue weighted by Crippen LogP contribution is 2.40. The van der Waals surface area contributed by atoms with Crippen molar-refractivity contribution in [3.63, 3.8) is 0 Å². The molecule has 11 nitrogen and oxygen atoms in total. The summed E-state index contributed by atoms with van der Waals surface area (Å²) in [5, 5.41) is 1.71. The van der Waals surface area contributed by atoms with Gasteiger partial charge in [0.25, 0.3) is 0 Å². The maximum atomic E-state index is 11.5. The lowest BCUT2D eigenvalue weighted by Crippen LogP contribution is -2.35. The van der Waals surface area contributed by atoms with Crippen molar-refractivity contribution >= 4 is 27.8 Å². The molecule has 44 heavy (non-hydrogen) atoms. The first-order valence-corrected chi connectivity index (χ1v) is 17.9. The van der Waals surface area contributed by atoms with Crippen LogP contribution in [0.25, 0.3) is 23.4 Å². The van der Waals surface area contributed by atoms with Gasteiger partial charge in [-0.05, 0) is 111 Å². The Morgan fingerprint density at radius 2 is 1.57 bits per heavy atom. The monoisotopic (exact) mass is 646 g/mol. The van der Waals surface area contributed by atoms with Crippen LogP contribution in [0.5, 0.6) is 11.5 Å². The maximum Gasteiger partial charge on any atom is 0.524 e. The Hall–Kier alpha value is -2.72. The molecule has 1 unspecified atom stereocenters. The molecule has 1 atom stereocenters. The number of phosphoric ester groups is 2. The van der Waals surface area contributed by atoms with Crippen LogP contribution < -0.4 is 19.8 Å². The van der Waals surface area contributed by atoms with Gasteiger partial charge in [-0.3, -0.25) is 19.2 Å². The van der Waals surface area contributed by atoms with Crippen LogP contribution in [0.2, 0.25) is 0 Å². The number of hydrogen-bond donors (Lipinski definition) is 4. The van der Waals surface area contributed by atoms with Crippen LogP contribution >= 0.6 is 15.6 Å². The van der Waals surface area contributed by atoms with Crippen LogP contribution in [0.15, 0.2) is 42.5 Å². The molecule has 0 spiro atoms. The third-order valence-electron chi connectivity index (χ3n) is 8.13. The lowest BCUT2D eigenvalue weighted by molar-refractivity contribution is 0.172. The van der Waals surface area contributed by atoms with Crippen LogP contribution in [0.4, 0.5) is 0 Å². The Morgan fingerprint density at radius 1 is 0.886 bits per heavy atom. The number of nitrogens with zero attached hydrogens (tertiary/aromatic N) is 2. The highest BCUT2D eigenvalue weighted by atomic mass is 31.2. The van der Waals surface area contributed by atoms with E-state index in [1.807, 2.05) is 32.1 Å². The summed E-state index contributed by atoms with van der Waals surface area (Å²) in [6.07, 6.45) is 8.27. The van der Waals surface area contributed by atoms with Crippen LogP contribution in [0.3, 0.4) is 0 Å². The summed E-state index contributed by atoms with van der Waals surface area (Å²) in [6.45, 7) is 8.30. The summed E-state index contributed by atoms with van der Waals surface area (Å²) in [4.78, 5) is 39.6. The van der Waals surface area contributed by atoms with Gasteiger partial charge in [-0.2, -0.15) is 0 Å². The molecule has 13 heteroatoms. The topological polar surface area (TPSA) is 151 Å². The van der Waals surface area contributed by atoms with Gasteiger partial charge < -0.3 is 23.6 Å². The minimum Gasteiger partial charge on any atom is -0.492 e. The molecule has 238 valence electrons. The molecular formula is C31H40N2O9P2. The summed E-state index contributed by atoms with van der Waals surface area (Å²) in [7, 11) is -9.38. The molecule has 5 rings (SSSR count). The van der Waals surface area contributed by atoms with Crippen molar-refractivity contribution < 1.29 is 42.5 Å². The van der Waals surface area contributed by atoms with Crippen molar-refractivity contribution in [2.75, 3.05) is 26.2 Å². The van der Waals surface area contributed by atoms with Crippen LogP contribution in [-0.2, 0) is 20.2 Å². The van der Waals surface area contributed by atoms with Crippen LogP contribution in [0.1, 0.15) is 48.8 Å². The highest BCUT2D eigenvalue weighted by molar-refractivity contribution is 7.46. The second-order valence-electron chi connectivity index (χ2n) is 11.4. The van der Waals surface area contributed by atoms with E-state index in [0.717, 1.165) is 63.9 Å². The standard InChI is InChI=1S/C31H40N2O9P2/c1-22-19-27(40-18-17-32-15-5-3-4-6-16-32)12-9-25(22)21-33-30-14-13-28(42-44(37,38)39)20-29(30)23(2)31(33)24-7-10-26(11-8-24)41-43(34,35)36/h7-12,14,19-20,28H,3-6,13,15-18,21H2,1-2H3,(H2,34,35,36)(H2,37,38,39). The van der Waals surface area contributed by atoms with E-state index in [1.54, 1.807) is 18.2 Å². The summed E-state index contributed by atoms with van der Waals surface area (Å²) in [6, 6.07) is 12.6. The van der Waals surface area contributed by atoms with Gasteiger partial charge in [-0.1, -0.05) is 25.0 Å². The van der Waals surface area contributed by atoms with E-state index < -0.39 is 21.7 Å². The number of aryl methyl sites for hydroxylation is 1. The first-order valence-electron chi connectivity index (χ1n) is 14.8. The van der Waals surface area contributed by atoms with E-state index >= 15 is 0 Å². The lowest BCUT2D eigenvalue weighted by Gasteiger charge is -2.20. The Bertz CT molecular complexity index is 1680. The van der Waals surface area contributed by atoms with E-state index in [-0.39, 0.29) is 5.75 Å². The fourth-order valence-electron chi connectivity index (χ4n) is 6.06. The van der Waals surface area contributed by atoms with Gasteiger partial charge in [0.05, 0.1) is 11.8 Å². The molecule has 2 heterocycles. The number of aromatic nitrogens is 1. The minimum atomic E-state index is -4.70. The van der Waals surface area contributed by atoms with Crippen molar-refractivity contribution in [2.24, 2.45) is 0 Å². The van der Waals surface area contributed by atoms with Gasteiger partial charge >= 0.3 is 15.6 Å². The molecule has 2 aliphatic rings. The van der Waals surface area contributed by atoms with E-state index in [1.165, 1.54) is 37.8 Å². The molecular weight excluding hydrogens is 606 g/mol. The third kappa shape index (κ3) is 8.50. The van der Waals surface area contributed by atoms with Crippen molar-refractivity contribution in [3.8, 4) is 22.8 Å². The number of likely N-dealkylation sites (tertiary alicyclic amines) is 1. The lowest BCUT2D eigenvalue weighted by atomic mass is 10.0. The molecule has 1 aromatic heterocycles. The predicted molar refractivity (Wildman–Crippen MR) is 168 cm³/mol. The van der Waals surface area contributed by atoms with Gasteiger partial charge in [0, 0.05) is 23.7 Å². The van der Waals surface area contributed by atoms with Crippen molar-refractivity contribution in [1.29, 1.82) is 0 Å². The number of ether oxygens (including phenoxy) is 1. The molecule has 1 saturated heterocycles. The Kier molecular flexibility index (Phi) is 10.2. The second kappa shape index (κ2) is 13.7. The molecule has 1 aliphatic heterocycles. The molecule has 0 amide bonds. The Morgan fingerprint density at radius 3 is 2.20 bits per heavy atom. The fourth-order valence-corrected chi connectivity index (χ4v) is 6.95. The normalized spacial score (nSPS) is 17.7. The SMILES string of the molecule is Cc1cc(OCCN2CCCCCC2)ccc1Cn1c(-c2ccc(OP(=O)(O)O)cc2)c(C)c2c1=CCC(OP(=O)(O)O)C=2. The molecule has 1 fully saturated rings. The van der Waals surface area contributed by atoms with Gasteiger partial charge in [0.2, 0.25) is 0 Å². The van der Waals surface area contributed by atoms with Gasteiger partial charge in [0.1, 0.15) is 18.1 Å². The van der Waals surface area contributed by atoms with Crippen molar-refractivity contribution in [1.82, 2.24) is 9.47 Å². The average Bonchev–Trinajstić information content (AvgIpc) is 3.08. The van der Waals surface area contributed by atoms with E-state index in [2.05, 4.69) is 15.5 Å². The molecule has 0 radical (unpaired) electrons. The summed E-state index contributed by atoms with van der Waals surface area (Å²) in [5.41, 5.74) is 4.67. The summed E-state index contributed by atoms with van der Waals surface area (Å²) in [5.74, 6) is 0.864. The molecule has 2 aromatic carbocycles. The molecule has 1 aliphatic carbocycles. The van der Waals surface area contributed by atoms with E-state index in [0.29, 0.717) is 19.6 Å². The first kappa shape index (κ1) is 32.7. The molecule has 0 bridgehead atoms. The number of benzene rings is 2. The van der Waals surface area contributed by atoms with Gasteiger partial charge in [0.15, 0.2) is 0 Å². The largest absolute Gasteiger partial charge is 0.524 e. The van der Waals surface area contributed by atoms with Gasteiger partial charge in [-0.25, -0.2) is 9.13 Å². The van der Waals surface area contributed by atoms with Gasteiger partial charge in [-0.15, -0.1) is 0 Å². The van der Waals surface area contributed by atoms with Crippen molar-refractivity contribution in [3.05, 3.63) is 69.7 Å². The van der Waals surface area contributed by atoms with Crippen molar-refractivity contribution in [2.45, 2.75) is 58.6 Å². The Labute approximate surface area is 256 Å². The number of rotatable bonds is 11. The fraction of sp³-hybridized carbons (Fsp3) is 0.419. The summed E-state index contributed by atoms with van der Waals surface area (Å²) >= 11 is 0. The number of phosphoric acid groups is 2. The Balaban J connectivity index is 1.44. The molecule has 3 aromatic rings. The number of fused-ring (bicyclic) bond motifs is 1. The molecule has 4 N–H and O–H groups in total. The quantitative estimate of drug-likeness (QED) is 0.225. The zero-order valence-electron chi connectivity index (χ0n) is 25.0. The second-order valence-corrected chi connectivity index (χ2v) is 13.8. The third-order valence-corrected chi connectivity index (χ3v) is 9.13. The van der Waals surface area contributed by atoms with Crippen LogP contribution in [0, 0.1) is 13.8 Å². The predicted octanol–water partition coefficient (Wildman–Crippen LogP) is 3.99. The van der Waals surface area contributed by atoms with Crippen LogP contribution in [-0.4, -0.2) is 61.4 Å². The first-order chi connectivity index (χ1) is 20.9. The number of hydrogen-bond acceptors (Lipinski definition) is 6. The van der Waals surface area contributed by atoms with E-state index in [4.69, 9.17) is 13.8 Å². The average molecular weight is 647 g/mol. The zero-order chi connectivity index (χ0) is 31.5. The highest BCUT2D eigenvalue weighted by Gasteiger charge is 2.24. The maximum absolute atomic E-state index is 11.5.